The molecule has 2 aliphatic rings. The second-order valence-electron chi connectivity index (χ2n) is 7.22. The molecule has 1 amide bonds. The minimum atomic E-state index is -0.178. The van der Waals surface area contributed by atoms with E-state index in [2.05, 4.69) is 29.3 Å². The third-order valence-corrected chi connectivity index (χ3v) is 5.23. The average molecular weight is 390 g/mol. The van der Waals surface area contributed by atoms with Crippen molar-refractivity contribution in [2.24, 2.45) is 9.98 Å². The van der Waals surface area contributed by atoms with Crippen molar-refractivity contribution < 1.29 is 9.53 Å². The van der Waals surface area contributed by atoms with Crippen LogP contribution in [0.15, 0.2) is 64.6 Å². The molecule has 2 aromatic carbocycles. The zero-order chi connectivity index (χ0) is 20.1. The van der Waals surface area contributed by atoms with E-state index in [4.69, 9.17) is 14.7 Å². The monoisotopic (exact) mass is 390 g/mol. The Bertz CT molecular complexity index is 917. The number of morpholine rings is 1. The molecular formula is C23H26N4O2. The first kappa shape index (κ1) is 19.5. The molecule has 150 valence electrons. The maximum atomic E-state index is 12.9. The van der Waals surface area contributed by atoms with Gasteiger partial charge in [-0.25, -0.2) is 4.99 Å². The van der Waals surface area contributed by atoms with Gasteiger partial charge in [0, 0.05) is 18.8 Å². The van der Waals surface area contributed by atoms with Gasteiger partial charge in [0.25, 0.3) is 0 Å². The molecule has 0 bridgehead atoms. The highest BCUT2D eigenvalue weighted by molar-refractivity contribution is 6.17. The number of nitrogens with one attached hydrogen (secondary N) is 1. The number of fused-ring (bicyclic) bond motifs is 1. The Morgan fingerprint density at radius 1 is 1.03 bits per heavy atom. The van der Waals surface area contributed by atoms with Crippen LogP contribution in [0.3, 0.4) is 0 Å². The Morgan fingerprint density at radius 3 is 2.38 bits per heavy atom. The Labute approximate surface area is 171 Å². The Balaban J connectivity index is 1.68. The Kier molecular flexibility index (Phi) is 6.12. The number of amides is 1. The fourth-order valence-corrected chi connectivity index (χ4v) is 3.75. The number of ether oxygens (including phenoxy) is 1. The van der Waals surface area contributed by atoms with Gasteiger partial charge in [-0.15, -0.1) is 0 Å². The van der Waals surface area contributed by atoms with Crippen molar-refractivity contribution in [1.29, 1.82) is 0 Å². The molecule has 0 radical (unpaired) electrons. The number of aliphatic imine (C=N–C) groups is 2. The molecule has 0 aromatic heterocycles. The standard InChI is InChI=1S/C23H26N4O2/c1-2-18-22(17-8-4-3-5-9-17)23(25-20-11-7-6-10-19(20)24-18)26-21(28)16-27-12-14-29-15-13-27/h3-11,22H,2,12-16H2,1H3,(H,25,26,28)/t22-/m0/s1. The van der Waals surface area contributed by atoms with Crippen molar-refractivity contribution in [3.63, 3.8) is 0 Å². The van der Waals surface area contributed by atoms with Crippen molar-refractivity contribution in [3.05, 3.63) is 60.2 Å². The van der Waals surface area contributed by atoms with Gasteiger partial charge in [-0.1, -0.05) is 49.4 Å². The summed E-state index contributed by atoms with van der Waals surface area (Å²) in [5, 5.41) is 3.11. The lowest BCUT2D eigenvalue weighted by atomic mass is 9.91. The number of hydrogen-bond donors (Lipinski definition) is 1. The fraction of sp³-hybridized carbons (Fsp3) is 0.348. The van der Waals surface area contributed by atoms with Crippen molar-refractivity contribution in [3.8, 4) is 0 Å². The summed E-state index contributed by atoms with van der Waals surface area (Å²) < 4.78 is 5.38. The largest absolute Gasteiger partial charge is 0.379 e. The van der Waals surface area contributed by atoms with Gasteiger partial charge in [-0.05, 0) is 24.1 Å². The van der Waals surface area contributed by atoms with Gasteiger partial charge in [0.1, 0.15) is 5.84 Å². The third kappa shape index (κ3) is 4.60. The summed E-state index contributed by atoms with van der Waals surface area (Å²) in [4.78, 5) is 24.7. The van der Waals surface area contributed by atoms with Crippen LogP contribution >= 0.6 is 0 Å². The van der Waals surface area contributed by atoms with E-state index in [1.807, 2.05) is 42.5 Å². The molecule has 1 atom stereocenters. The molecule has 0 spiro atoms. The van der Waals surface area contributed by atoms with Crippen LogP contribution in [0.25, 0.3) is 0 Å². The van der Waals surface area contributed by atoms with Gasteiger partial charge in [0.05, 0.1) is 37.1 Å². The summed E-state index contributed by atoms with van der Waals surface area (Å²) in [5.74, 6) is 0.406. The molecule has 0 saturated carbocycles. The smallest absolute Gasteiger partial charge is 0.239 e. The first-order valence-corrected chi connectivity index (χ1v) is 10.1. The number of carbonyl (C=O) groups excluding carboxylic acids is 1. The maximum Gasteiger partial charge on any atom is 0.239 e. The number of amidine groups is 1. The normalized spacial score (nSPS) is 19.6. The summed E-state index contributed by atoms with van der Waals surface area (Å²) in [5.41, 5.74) is 3.68. The second kappa shape index (κ2) is 9.11. The molecule has 1 saturated heterocycles. The minimum absolute atomic E-state index is 0.0542. The molecule has 0 unspecified atom stereocenters. The van der Waals surface area contributed by atoms with Gasteiger partial charge in [0.2, 0.25) is 5.91 Å². The molecule has 4 rings (SSSR count). The van der Waals surface area contributed by atoms with Crippen LogP contribution in [0.5, 0.6) is 0 Å². The lowest BCUT2D eigenvalue weighted by Crippen LogP contribution is -2.46. The lowest BCUT2D eigenvalue weighted by Gasteiger charge is -2.26. The van der Waals surface area contributed by atoms with Crippen LogP contribution in [0, 0.1) is 0 Å². The topological polar surface area (TPSA) is 66.3 Å². The van der Waals surface area contributed by atoms with E-state index in [-0.39, 0.29) is 11.8 Å². The summed E-state index contributed by atoms with van der Waals surface area (Å²) >= 11 is 0. The van der Waals surface area contributed by atoms with Gasteiger partial charge in [-0.2, -0.15) is 0 Å². The van der Waals surface area contributed by atoms with Crippen LogP contribution in [0.4, 0.5) is 11.4 Å². The van der Waals surface area contributed by atoms with Crippen molar-refractivity contribution in [2.75, 3.05) is 32.8 Å². The quantitative estimate of drug-likeness (QED) is 0.870. The van der Waals surface area contributed by atoms with Crippen LogP contribution < -0.4 is 5.32 Å². The molecule has 1 fully saturated rings. The number of benzene rings is 2. The zero-order valence-electron chi connectivity index (χ0n) is 16.7. The Hall–Kier alpha value is -2.83. The summed E-state index contributed by atoms with van der Waals surface area (Å²) in [6, 6.07) is 17.9. The molecule has 6 heteroatoms. The molecular weight excluding hydrogens is 364 g/mol. The molecule has 0 aliphatic carbocycles. The number of hydrogen-bond acceptors (Lipinski definition) is 5. The van der Waals surface area contributed by atoms with Crippen molar-refractivity contribution in [2.45, 2.75) is 19.3 Å². The van der Waals surface area contributed by atoms with E-state index in [1.54, 1.807) is 0 Å². The maximum absolute atomic E-state index is 12.9. The predicted octanol–water partition coefficient (Wildman–Crippen LogP) is 3.44. The summed E-state index contributed by atoms with van der Waals surface area (Å²) in [7, 11) is 0. The van der Waals surface area contributed by atoms with Gasteiger partial charge in [0.15, 0.2) is 0 Å². The minimum Gasteiger partial charge on any atom is -0.379 e. The molecule has 6 nitrogen and oxygen atoms in total. The van der Waals surface area contributed by atoms with E-state index in [9.17, 15) is 4.79 Å². The predicted molar refractivity (Wildman–Crippen MR) is 116 cm³/mol. The van der Waals surface area contributed by atoms with E-state index in [0.717, 1.165) is 42.2 Å². The second-order valence-corrected chi connectivity index (χ2v) is 7.22. The van der Waals surface area contributed by atoms with E-state index >= 15 is 0 Å². The Morgan fingerprint density at radius 2 is 1.69 bits per heavy atom. The van der Waals surface area contributed by atoms with Crippen LogP contribution in [0.2, 0.25) is 0 Å². The molecule has 1 N–H and O–H groups in total. The van der Waals surface area contributed by atoms with E-state index in [0.29, 0.717) is 25.6 Å². The van der Waals surface area contributed by atoms with E-state index in [1.165, 1.54) is 0 Å². The lowest BCUT2D eigenvalue weighted by molar-refractivity contribution is -0.121. The molecule has 2 aromatic rings. The van der Waals surface area contributed by atoms with E-state index < -0.39 is 0 Å². The number of nitrogens with zero attached hydrogens (tertiary/aromatic N) is 3. The highest BCUT2D eigenvalue weighted by Crippen LogP contribution is 2.34. The summed E-state index contributed by atoms with van der Waals surface area (Å²) in [6.07, 6.45) is 0.770. The first-order chi connectivity index (χ1) is 14.2. The molecule has 2 aliphatic heterocycles. The SMILES string of the molecule is CCC1=Nc2ccccc2N=C(NC(=O)CN2CCOCC2)[C@H]1c1ccccc1. The number of para-hydroxylation sites is 2. The van der Waals surface area contributed by atoms with Crippen LogP contribution in [0.1, 0.15) is 24.8 Å². The van der Waals surface area contributed by atoms with Gasteiger partial charge >= 0.3 is 0 Å². The van der Waals surface area contributed by atoms with Gasteiger partial charge < -0.3 is 10.1 Å². The first-order valence-electron chi connectivity index (χ1n) is 10.1. The fourth-order valence-electron chi connectivity index (χ4n) is 3.75. The molecule has 2 heterocycles. The average Bonchev–Trinajstić information content (AvgIpc) is 2.91. The van der Waals surface area contributed by atoms with Crippen LogP contribution in [-0.4, -0.2) is 55.2 Å². The van der Waals surface area contributed by atoms with Crippen molar-refractivity contribution >= 4 is 28.8 Å². The number of rotatable bonds is 4. The highest BCUT2D eigenvalue weighted by atomic mass is 16.5. The van der Waals surface area contributed by atoms with Gasteiger partial charge in [-0.3, -0.25) is 14.7 Å². The number of carbonyl (C=O) groups is 1. The van der Waals surface area contributed by atoms with Crippen LogP contribution in [-0.2, 0) is 9.53 Å². The highest BCUT2D eigenvalue weighted by Gasteiger charge is 2.28. The van der Waals surface area contributed by atoms with Crippen molar-refractivity contribution in [1.82, 2.24) is 10.2 Å². The zero-order valence-corrected chi connectivity index (χ0v) is 16.7. The molecule has 29 heavy (non-hydrogen) atoms. The summed E-state index contributed by atoms with van der Waals surface area (Å²) in [6.45, 7) is 5.31. The third-order valence-electron chi connectivity index (χ3n) is 5.23.